The zero-order valence-electron chi connectivity index (χ0n) is 15.9. The van der Waals surface area contributed by atoms with Crippen molar-refractivity contribution in [2.75, 3.05) is 5.01 Å². The fourth-order valence-corrected chi connectivity index (χ4v) is 3.22. The molecule has 6 nitrogen and oxygen atoms in total. The minimum absolute atomic E-state index is 0.214. The van der Waals surface area contributed by atoms with Crippen molar-refractivity contribution in [1.82, 2.24) is 0 Å². The molecule has 0 radical (unpaired) electrons. The number of aromatic carboxylic acids is 1. The average molecular weight is 386 g/mol. The number of hydrazone groups is 1. The van der Waals surface area contributed by atoms with Crippen LogP contribution in [0.1, 0.15) is 28.6 Å². The van der Waals surface area contributed by atoms with Gasteiger partial charge in [0.1, 0.15) is 11.5 Å². The van der Waals surface area contributed by atoms with Crippen LogP contribution in [0.25, 0.3) is 17.4 Å². The monoisotopic (exact) mass is 386 g/mol. The van der Waals surface area contributed by atoms with Crippen LogP contribution in [-0.2, 0) is 4.79 Å². The predicted octanol–water partition coefficient (Wildman–Crippen LogP) is 4.76. The molecule has 3 aromatic rings. The van der Waals surface area contributed by atoms with E-state index in [1.807, 2.05) is 37.3 Å². The minimum atomic E-state index is -0.970. The Morgan fingerprint density at radius 2 is 1.83 bits per heavy atom. The molecule has 2 aromatic carbocycles. The molecular formula is C23H18N2O4. The van der Waals surface area contributed by atoms with Gasteiger partial charge in [0, 0.05) is 5.56 Å². The van der Waals surface area contributed by atoms with Crippen molar-refractivity contribution in [3.8, 4) is 11.3 Å². The first-order valence-electron chi connectivity index (χ1n) is 9.05. The van der Waals surface area contributed by atoms with Gasteiger partial charge in [-0.1, -0.05) is 24.3 Å². The lowest BCUT2D eigenvalue weighted by atomic mass is 10.0. The molecule has 1 aliphatic heterocycles. The highest BCUT2D eigenvalue weighted by molar-refractivity contribution is 6.32. The number of carboxylic acid groups (broad SMARTS) is 1. The predicted molar refractivity (Wildman–Crippen MR) is 111 cm³/mol. The summed E-state index contributed by atoms with van der Waals surface area (Å²) in [5.41, 5.74) is 3.60. The highest BCUT2D eigenvalue weighted by atomic mass is 16.4. The van der Waals surface area contributed by atoms with E-state index in [0.717, 1.165) is 11.1 Å². The lowest BCUT2D eigenvalue weighted by Crippen LogP contribution is -2.21. The Kier molecular flexibility index (Phi) is 4.60. The minimum Gasteiger partial charge on any atom is -0.478 e. The molecule has 0 saturated heterocycles. The van der Waals surface area contributed by atoms with Gasteiger partial charge >= 0.3 is 5.97 Å². The third-order valence-corrected chi connectivity index (χ3v) is 4.72. The fraction of sp³-hybridized carbons (Fsp3) is 0.0870. The number of benzene rings is 2. The van der Waals surface area contributed by atoms with E-state index < -0.39 is 5.97 Å². The van der Waals surface area contributed by atoms with Crippen LogP contribution < -0.4 is 5.01 Å². The summed E-state index contributed by atoms with van der Waals surface area (Å²) >= 11 is 0. The molecule has 0 fully saturated rings. The molecule has 6 heteroatoms. The molecule has 1 aliphatic rings. The second kappa shape index (κ2) is 7.24. The van der Waals surface area contributed by atoms with E-state index in [4.69, 9.17) is 9.52 Å². The van der Waals surface area contributed by atoms with E-state index in [0.29, 0.717) is 28.5 Å². The molecule has 2 heterocycles. The lowest BCUT2D eigenvalue weighted by molar-refractivity contribution is -0.114. The molecule has 0 unspecified atom stereocenters. The van der Waals surface area contributed by atoms with Crippen LogP contribution in [0.15, 0.2) is 75.8 Å². The molecule has 0 bridgehead atoms. The quantitative estimate of drug-likeness (QED) is 0.656. The second-order valence-electron chi connectivity index (χ2n) is 6.73. The topological polar surface area (TPSA) is 83.1 Å². The molecule has 1 amide bonds. The fourth-order valence-electron chi connectivity index (χ4n) is 3.22. The van der Waals surface area contributed by atoms with Gasteiger partial charge in [0.2, 0.25) is 0 Å². The maximum atomic E-state index is 12.8. The number of carbonyl (C=O) groups excluding carboxylic acids is 1. The number of hydrogen-bond acceptors (Lipinski definition) is 4. The van der Waals surface area contributed by atoms with E-state index in [1.165, 1.54) is 5.01 Å². The summed E-state index contributed by atoms with van der Waals surface area (Å²) in [6.07, 6.45) is 1.68. The largest absolute Gasteiger partial charge is 0.478 e. The van der Waals surface area contributed by atoms with Gasteiger partial charge in [-0.3, -0.25) is 4.79 Å². The summed E-state index contributed by atoms with van der Waals surface area (Å²) in [7, 11) is 0. The van der Waals surface area contributed by atoms with Crippen molar-refractivity contribution < 1.29 is 19.1 Å². The van der Waals surface area contributed by atoms with E-state index in [2.05, 4.69) is 5.10 Å². The zero-order valence-corrected chi connectivity index (χ0v) is 15.9. The normalized spacial score (nSPS) is 15.1. The molecule has 0 spiro atoms. The Hall–Kier alpha value is -3.93. The number of carboxylic acids is 1. The first kappa shape index (κ1) is 18.4. The van der Waals surface area contributed by atoms with Gasteiger partial charge in [-0.2, -0.15) is 10.1 Å². The van der Waals surface area contributed by atoms with Gasteiger partial charge in [-0.15, -0.1) is 0 Å². The molecule has 1 aromatic heterocycles. The number of nitrogens with zero attached hydrogens (tertiary/aromatic N) is 2. The number of aryl methyl sites for hydroxylation is 1. The highest BCUT2D eigenvalue weighted by Gasteiger charge is 2.29. The van der Waals surface area contributed by atoms with Crippen LogP contribution in [0.2, 0.25) is 0 Å². The Balaban J connectivity index is 1.62. The van der Waals surface area contributed by atoms with Crippen molar-refractivity contribution in [2.45, 2.75) is 13.8 Å². The number of para-hydroxylation sites is 1. The van der Waals surface area contributed by atoms with Gasteiger partial charge in [0.25, 0.3) is 5.91 Å². The Morgan fingerprint density at radius 3 is 2.52 bits per heavy atom. The zero-order chi connectivity index (χ0) is 20.5. The first-order chi connectivity index (χ1) is 13.9. The van der Waals surface area contributed by atoms with E-state index in [1.54, 1.807) is 43.3 Å². The van der Waals surface area contributed by atoms with E-state index in [-0.39, 0.29) is 11.5 Å². The summed E-state index contributed by atoms with van der Waals surface area (Å²) in [6.45, 7) is 3.61. The lowest BCUT2D eigenvalue weighted by Gasteiger charge is -2.10. The number of anilines is 1. The van der Waals surface area contributed by atoms with Crippen LogP contribution in [-0.4, -0.2) is 22.7 Å². The first-order valence-corrected chi connectivity index (χ1v) is 9.05. The van der Waals surface area contributed by atoms with Crippen LogP contribution in [0.5, 0.6) is 0 Å². The highest BCUT2D eigenvalue weighted by Crippen LogP contribution is 2.29. The van der Waals surface area contributed by atoms with E-state index >= 15 is 0 Å². The van der Waals surface area contributed by atoms with Crippen molar-refractivity contribution in [3.05, 3.63) is 83.1 Å². The third-order valence-electron chi connectivity index (χ3n) is 4.72. The maximum Gasteiger partial charge on any atom is 0.335 e. The van der Waals surface area contributed by atoms with Crippen LogP contribution in [0, 0.1) is 6.92 Å². The summed E-state index contributed by atoms with van der Waals surface area (Å²) < 4.78 is 5.90. The van der Waals surface area contributed by atoms with Crippen LogP contribution in [0.4, 0.5) is 5.69 Å². The molecule has 1 N–H and O–H groups in total. The van der Waals surface area contributed by atoms with Gasteiger partial charge in [-0.05, 0) is 61.9 Å². The van der Waals surface area contributed by atoms with Gasteiger partial charge in [-0.25, -0.2) is 4.79 Å². The van der Waals surface area contributed by atoms with Crippen LogP contribution >= 0.6 is 0 Å². The van der Waals surface area contributed by atoms with Gasteiger partial charge < -0.3 is 9.52 Å². The van der Waals surface area contributed by atoms with Crippen molar-refractivity contribution in [2.24, 2.45) is 5.10 Å². The molecule has 29 heavy (non-hydrogen) atoms. The SMILES string of the molecule is CC1=NN(c2ccccc2)C(=O)C1=Cc1ccc(-c2ccc(C(=O)O)cc2C)o1. The molecule has 0 saturated carbocycles. The number of rotatable bonds is 4. The van der Waals surface area contributed by atoms with Crippen molar-refractivity contribution in [3.63, 3.8) is 0 Å². The number of hydrogen-bond donors (Lipinski definition) is 1. The maximum absolute atomic E-state index is 12.8. The summed E-state index contributed by atoms with van der Waals surface area (Å²) in [5, 5.41) is 14.8. The molecule has 4 rings (SSSR count). The van der Waals surface area contributed by atoms with Crippen LogP contribution in [0.3, 0.4) is 0 Å². The Labute approximate surface area is 167 Å². The molecule has 0 aliphatic carbocycles. The summed E-state index contributed by atoms with van der Waals surface area (Å²) in [5.74, 6) is -0.0589. The summed E-state index contributed by atoms with van der Waals surface area (Å²) in [4.78, 5) is 23.9. The molecular weight excluding hydrogens is 368 g/mol. The molecule has 144 valence electrons. The third kappa shape index (κ3) is 3.48. The number of carbonyl (C=O) groups is 2. The van der Waals surface area contributed by atoms with Gasteiger partial charge in [0.15, 0.2) is 0 Å². The van der Waals surface area contributed by atoms with E-state index in [9.17, 15) is 9.59 Å². The van der Waals surface area contributed by atoms with Crippen molar-refractivity contribution in [1.29, 1.82) is 0 Å². The number of amides is 1. The Morgan fingerprint density at radius 1 is 1.07 bits per heavy atom. The second-order valence-corrected chi connectivity index (χ2v) is 6.73. The Bertz CT molecular complexity index is 1170. The average Bonchev–Trinajstić information content (AvgIpc) is 3.28. The molecule has 0 atom stereocenters. The van der Waals surface area contributed by atoms with Gasteiger partial charge in [0.05, 0.1) is 22.5 Å². The standard InChI is InChI=1S/C23H18N2O4/c1-14-12-16(23(27)28)8-10-19(14)21-11-9-18(29-21)13-20-15(2)24-25(22(20)26)17-6-4-3-5-7-17/h3-13H,1-2H3,(H,27,28). The smallest absolute Gasteiger partial charge is 0.335 e. The summed E-state index contributed by atoms with van der Waals surface area (Å²) in [6, 6.07) is 17.7. The number of furan rings is 1. The van der Waals surface area contributed by atoms with Crippen molar-refractivity contribution >= 4 is 29.4 Å².